The van der Waals surface area contributed by atoms with E-state index in [4.69, 9.17) is 10.8 Å². The van der Waals surface area contributed by atoms with E-state index in [0.29, 0.717) is 6.42 Å². The molecule has 0 amide bonds. The average Bonchev–Trinajstić information content (AvgIpc) is 2.00. The fraction of sp³-hybridized carbons (Fsp3) is 0.875. The maximum absolute atomic E-state index is 10.3. The molecule has 4 nitrogen and oxygen atoms in total. The van der Waals surface area contributed by atoms with Crippen LogP contribution in [-0.4, -0.2) is 42.2 Å². The van der Waals surface area contributed by atoms with Crippen LogP contribution >= 0.6 is 0 Å². The molecule has 0 aromatic heterocycles. The second-order valence-corrected chi connectivity index (χ2v) is 3.04. The first-order valence-corrected chi connectivity index (χ1v) is 4.24. The molecule has 0 bridgehead atoms. The van der Waals surface area contributed by atoms with E-state index < -0.39 is 12.0 Å². The number of aliphatic carboxylic acids is 1. The topological polar surface area (TPSA) is 66.6 Å². The number of carboxylic acids is 1. The van der Waals surface area contributed by atoms with E-state index in [-0.39, 0.29) is 0 Å². The fourth-order valence-electron chi connectivity index (χ4n) is 0.976. The van der Waals surface area contributed by atoms with Crippen LogP contribution in [0.5, 0.6) is 0 Å². The van der Waals surface area contributed by atoms with Crippen molar-refractivity contribution in [3.05, 3.63) is 0 Å². The lowest BCUT2D eigenvalue weighted by Crippen LogP contribution is -2.34. The van der Waals surface area contributed by atoms with E-state index in [2.05, 4.69) is 11.8 Å². The van der Waals surface area contributed by atoms with Gasteiger partial charge in [0.05, 0.1) is 0 Å². The second-order valence-electron chi connectivity index (χ2n) is 3.04. The normalized spacial score (nSPS) is 13.3. The largest absolute Gasteiger partial charge is 0.480 e. The maximum atomic E-state index is 10.3. The number of nitrogens with two attached hydrogens (primary N) is 1. The first-order valence-electron chi connectivity index (χ1n) is 4.24. The molecular weight excluding hydrogens is 156 g/mol. The van der Waals surface area contributed by atoms with Crippen LogP contribution < -0.4 is 5.73 Å². The Labute approximate surface area is 73.3 Å². The van der Waals surface area contributed by atoms with E-state index in [0.717, 1.165) is 19.5 Å². The van der Waals surface area contributed by atoms with Gasteiger partial charge in [-0.1, -0.05) is 6.92 Å². The molecule has 0 radical (unpaired) electrons. The molecule has 0 aliphatic rings. The van der Waals surface area contributed by atoms with Gasteiger partial charge in [0.15, 0.2) is 0 Å². The van der Waals surface area contributed by atoms with Crippen LogP contribution in [0.3, 0.4) is 0 Å². The van der Waals surface area contributed by atoms with E-state index in [1.54, 1.807) is 0 Å². The molecule has 0 aliphatic heterocycles. The molecule has 0 heterocycles. The molecule has 0 rings (SSSR count). The van der Waals surface area contributed by atoms with Crippen LogP contribution in [-0.2, 0) is 4.79 Å². The summed E-state index contributed by atoms with van der Waals surface area (Å²) in [5, 5.41) is 8.48. The molecule has 0 saturated heterocycles. The highest BCUT2D eigenvalue weighted by atomic mass is 16.4. The average molecular weight is 174 g/mol. The SMILES string of the molecule is CCCN(C)CC[C@@H](N)C(=O)O. The summed E-state index contributed by atoms with van der Waals surface area (Å²) in [4.78, 5) is 12.4. The Morgan fingerprint density at radius 1 is 1.58 bits per heavy atom. The van der Waals surface area contributed by atoms with Gasteiger partial charge in [0.1, 0.15) is 6.04 Å². The fourth-order valence-corrected chi connectivity index (χ4v) is 0.976. The highest BCUT2D eigenvalue weighted by Gasteiger charge is 2.11. The third kappa shape index (κ3) is 5.09. The minimum atomic E-state index is -0.917. The minimum absolute atomic E-state index is 0.520. The Hall–Kier alpha value is -0.610. The molecular formula is C8H18N2O2. The Morgan fingerprint density at radius 2 is 2.17 bits per heavy atom. The molecule has 1 atom stereocenters. The highest BCUT2D eigenvalue weighted by Crippen LogP contribution is 1.93. The lowest BCUT2D eigenvalue weighted by atomic mass is 10.2. The van der Waals surface area contributed by atoms with Crippen LogP contribution in [0.1, 0.15) is 19.8 Å². The molecule has 3 N–H and O–H groups in total. The molecule has 4 heteroatoms. The van der Waals surface area contributed by atoms with Crippen molar-refractivity contribution in [2.45, 2.75) is 25.8 Å². The van der Waals surface area contributed by atoms with Crippen molar-refractivity contribution >= 4 is 5.97 Å². The molecule has 0 aromatic carbocycles. The van der Waals surface area contributed by atoms with Gasteiger partial charge >= 0.3 is 5.97 Å². The zero-order valence-corrected chi connectivity index (χ0v) is 7.79. The summed E-state index contributed by atoms with van der Waals surface area (Å²) in [5.41, 5.74) is 5.33. The van der Waals surface area contributed by atoms with Gasteiger partial charge in [0.25, 0.3) is 0 Å². The van der Waals surface area contributed by atoms with Gasteiger partial charge in [-0.3, -0.25) is 4.79 Å². The van der Waals surface area contributed by atoms with Crippen molar-refractivity contribution in [2.24, 2.45) is 5.73 Å². The molecule has 0 fully saturated rings. The third-order valence-electron chi connectivity index (χ3n) is 1.74. The van der Waals surface area contributed by atoms with Gasteiger partial charge in [-0.15, -0.1) is 0 Å². The molecule has 0 spiro atoms. The van der Waals surface area contributed by atoms with Gasteiger partial charge in [0, 0.05) is 0 Å². The second kappa shape index (κ2) is 5.97. The Balaban J connectivity index is 3.46. The number of hydrogen-bond acceptors (Lipinski definition) is 3. The van der Waals surface area contributed by atoms with Crippen molar-refractivity contribution in [2.75, 3.05) is 20.1 Å². The Bertz CT molecular complexity index is 139. The molecule has 72 valence electrons. The van der Waals surface area contributed by atoms with Crippen LogP contribution in [0.2, 0.25) is 0 Å². The number of hydrogen-bond donors (Lipinski definition) is 2. The third-order valence-corrected chi connectivity index (χ3v) is 1.74. The van der Waals surface area contributed by atoms with Crippen molar-refractivity contribution in [1.29, 1.82) is 0 Å². The molecule has 0 aromatic rings. The Kier molecular flexibility index (Phi) is 5.66. The maximum Gasteiger partial charge on any atom is 0.320 e. The summed E-state index contributed by atoms with van der Waals surface area (Å²) >= 11 is 0. The highest BCUT2D eigenvalue weighted by molar-refractivity contribution is 5.72. The summed E-state index contributed by atoms with van der Waals surface area (Å²) in [7, 11) is 1.97. The number of carboxylic acid groups (broad SMARTS) is 1. The molecule has 12 heavy (non-hydrogen) atoms. The van der Waals surface area contributed by atoms with Crippen molar-refractivity contribution in [3.8, 4) is 0 Å². The van der Waals surface area contributed by atoms with Crippen molar-refractivity contribution in [1.82, 2.24) is 4.90 Å². The van der Waals surface area contributed by atoms with E-state index >= 15 is 0 Å². The van der Waals surface area contributed by atoms with Gasteiger partial charge in [-0.05, 0) is 33.0 Å². The Morgan fingerprint density at radius 3 is 2.58 bits per heavy atom. The lowest BCUT2D eigenvalue weighted by molar-refractivity contribution is -0.138. The van der Waals surface area contributed by atoms with Gasteiger partial charge in [0.2, 0.25) is 0 Å². The quantitative estimate of drug-likeness (QED) is 0.600. The zero-order valence-electron chi connectivity index (χ0n) is 7.79. The smallest absolute Gasteiger partial charge is 0.320 e. The standard InChI is InChI=1S/C8H18N2O2/c1-3-5-10(2)6-4-7(9)8(11)12/h7H,3-6,9H2,1-2H3,(H,11,12)/t7-/m1/s1. The van der Waals surface area contributed by atoms with E-state index in [1.165, 1.54) is 0 Å². The predicted molar refractivity (Wildman–Crippen MR) is 48.0 cm³/mol. The molecule has 0 unspecified atom stereocenters. The first kappa shape index (κ1) is 11.4. The lowest BCUT2D eigenvalue weighted by Gasteiger charge is -2.16. The van der Waals surface area contributed by atoms with Crippen molar-refractivity contribution in [3.63, 3.8) is 0 Å². The summed E-state index contributed by atoms with van der Waals surface area (Å²) in [6.45, 7) is 3.83. The summed E-state index contributed by atoms with van der Waals surface area (Å²) < 4.78 is 0. The van der Waals surface area contributed by atoms with Crippen LogP contribution in [0.15, 0.2) is 0 Å². The van der Waals surface area contributed by atoms with Crippen LogP contribution in [0.4, 0.5) is 0 Å². The van der Waals surface area contributed by atoms with Crippen LogP contribution in [0, 0.1) is 0 Å². The van der Waals surface area contributed by atoms with Crippen LogP contribution in [0.25, 0.3) is 0 Å². The number of nitrogens with zero attached hydrogens (tertiary/aromatic N) is 1. The molecule has 0 aliphatic carbocycles. The minimum Gasteiger partial charge on any atom is -0.480 e. The number of rotatable bonds is 6. The summed E-state index contributed by atoms with van der Waals surface area (Å²) in [6.07, 6.45) is 1.60. The monoisotopic (exact) mass is 174 g/mol. The van der Waals surface area contributed by atoms with E-state index in [1.807, 2.05) is 7.05 Å². The summed E-state index contributed by atoms with van der Waals surface area (Å²) in [6, 6.07) is -0.718. The van der Waals surface area contributed by atoms with E-state index in [9.17, 15) is 4.79 Å². The summed E-state index contributed by atoms with van der Waals surface area (Å²) in [5.74, 6) is -0.917. The van der Waals surface area contributed by atoms with Crippen molar-refractivity contribution < 1.29 is 9.90 Å². The van der Waals surface area contributed by atoms with Gasteiger partial charge in [-0.25, -0.2) is 0 Å². The zero-order chi connectivity index (χ0) is 9.56. The van der Waals surface area contributed by atoms with Gasteiger partial charge < -0.3 is 15.7 Å². The first-order chi connectivity index (χ1) is 5.57. The van der Waals surface area contributed by atoms with Gasteiger partial charge in [-0.2, -0.15) is 0 Å². The molecule has 0 saturated carbocycles. The predicted octanol–water partition coefficient (Wildman–Crippen LogP) is 0.130. The number of carbonyl (C=O) groups is 1.